The lowest BCUT2D eigenvalue weighted by Gasteiger charge is -2.09. The number of sulfone groups is 1. The Morgan fingerprint density at radius 1 is 1.43 bits per heavy atom. The normalized spacial score (nSPS) is 19.6. The molecule has 0 aliphatic carbocycles. The van der Waals surface area contributed by atoms with E-state index in [0.717, 1.165) is 0 Å². The molecule has 1 atom stereocenters. The van der Waals surface area contributed by atoms with Gasteiger partial charge in [0.25, 0.3) is 5.91 Å². The summed E-state index contributed by atoms with van der Waals surface area (Å²) in [5.41, 5.74) is 1.16. The first kappa shape index (κ1) is 15.7. The lowest BCUT2D eigenvalue weighted by Crippen LogP contribution is -2.30. The number of aromatic nitrogens is 3. The van der Waals surface area contributed by atoms with Crippen LogP contribution in [0.15, 0.2) is 30.6 Å². The van der Waals surface area contributed by atoms with E-state index in [1.807, 2.05) is 18.2 Å². The third-order valence-corrected chi connectivity index (χ3v) is 5.84. The van der Waals surface area contributed by atoms with Crippen LogP contribution in [0.5, 0.6) is 0 Å². The van der Waals surface area contributed by atoms with Crippen molar-refractivity contribution in [2.24, 2.45) is 5.92 Å². The summed E-state index contributed by atoms with van der Waals surface area (Å²) in [5.74, 6) is 0.763. The molecule has 1 aliphatic rings. The summed E-state index contributed by atoms with van der Waals surface area (Å²) in [6.07, 6.45) is 3.77. The fraction of sp³-hybridized carbons (Fsp3) is 0.400. The SMILES string of the molecule is Cc1c(C(=O)NCC2CCS(=O)(=O)C2)cnn1-c1ccccn1. The van der Waals surface area contributed by atoms with Crippen LogP contribution in [-0.2, 0) is 9.84 Å². The van der Waals surface area contributed by atoms with Crippen molar-refractivity contribution in [2.45, 2.75) is 13.3 Å². The zero-order chi connectivity index (χ0) is 16.4. The Morgan fingerprint density at radius 2 is 2.26 bits per heavy atom. The Bertz CT molecular complexity index is 815. The first-order valence-corrected chi connectivity index (χ1v) is 9.23. The number of hydrogen-bond donors (Lipinski definition) is 1. The molecule has 1 N–H and O–H groups in total. The predicted molar refractivity (Wildman–Crippen MR) is 85.2 cm³/mol. The Balaban J connectivity index is 1.68. The van der Waals surface area contributed by atoms with Crippen LogP contribution in [0.2, 0.25) is 0 Å². The van der Waals surface area contributed by atoms with Crippen LogP contribution in [0.1, 0.15) is 22.5 Å². The van der Waals surface area contributed by atoms with Crippen molar-refractivity contribution in [3.8, 4) is 5.82 Å². The van der Waals surface area contributed by atoms with Gasteiger partial charge in [0.05, 0.1) is 29.0 Å². The average Bonchev–Trinajstić information content (AvgIpc) is 3.08. The van der Waals surface area contributed by atoms with Crippen LogP contribution >= 0.6 is 0 Å². The fourth-order valence-corrected chi connectivity index (χ4v) is 4.57. The van der Waals surface area contributed by atoms with Gasteiger partial charge in [-0.25, -0.2) is 18.1 Å². The van der Waals surface area contributed by atoms with Crippen LogP contribution in [0.3, 0.4) is 0 Å². The highest BCUT2D eigenvalue weighted by Gasteiger charge is 2.28. The van der Waals surface area contributed by atoms with Crippen molar-refractivity contribution >= 4 is 15.7 Å². The van der Waals surface area contributed by atoms with E-state index in [0.29, 0.717) is 30.0 Å². The van der Waals surface area contributed by atoms with E-state index >= 15 is 0 Å². The van der Waals surface area contributed by atoms with Gasteiger partial charge < -0.3 is 5.32 Å². The standard InChI is InChI=1S/C15H18N4O3S/c1-11-13(9-18-19(11)14-4-2-3-6-16-14)15(20)17-8-12-5-7-23(21,22)10-12/h2-4,6,9,12H,5,7-8,10H2,1H3,(H,17,20). The minimum atomic E-state index is -2.92. The molecule has 0 spiro atoms. The molecule has 2 aromatic heterocycles. The van der Waals surface area contributed by atoms with Gasteiger partial charge in [-0.2, -0.15) is 5.10 Å². The zero-order valence-electron chi connectivity index (χ0n) is 12.8. The highest BCUT2D eigenvalue weighted by atomic mass is 32.2. The summed E-state index contributed by atoms with van der Waals surface area (Å²) < 4.78 is 24.5. The second-order valence-electron chi connectivity index (χ2n) is 5.72. The smallest absolute Gasteiger partial charge is 0.254 e. The molecule has 0 bridgehead atoms. The van der Waals surface area contributed by atoms with Crippen molar-refractivity contribution in [3.05, 3.63) is 41.9 Å². The number of rotatable bonds is 4. The Morgan fingerprint density at radius 3 is 2.91 bits per heavy atom. The van der Waals surface area contributed by atoms with Gasteiger partial charge in [0, 0.05) is 12.7 Å². The lowest BCUT2D eigenvalue weighted by atomic mass is 10.1. The summed E-state index contributed by atoms with van der Waals surface area (Å²) in [6, 6.07) is 5.47. The molecule has 23 heavy (non-hydrogen) atoms. The maximum Gasteiger partial charge on any atom is 0.254 e. The number of nitrogens with one attached hydrogen (secondary N) is 1. The van der Waals surface area contributed by atoms with Gasteiger partial charge >= 0.3 is 0 Å². The molecule has 0 saturated carbocycles. The number of amides is 1. The molecule has 7 nitrogen and oxygen atoms in total. The average molecular weight is 334 g/mol. The van der Waals surface area contributed by atoms with Crippen LogP contribution in [-0.4, -0.2) is 47.1 Å². The Labute approximate surface area is 134 Å². The van der Waals surface area contributed by atoms with Crippen LogP contribution in [0.25, 0.3) is 5.82 Å². The van der Waals surface area contributed by atoms with Crippen molar-refractivity contribution in [1.29, 1.82) is 0 Å². The van der Waals surface area contributed by atoms with Gasteiger partial charge in [0.2, 0.25) is 0 Å². The van der Waals surface area contributed by atoms with E-state index in [1.165, 1.54) is 6.20 Å². The first-order valence-electron chi connectivity index (χ1n) is 7.41. The maximum atomic E-state index is 12.3. The second-order valence-corrected chi connectivity index (χ2v) is 7.95. The van der Waals surface area contributed by atoms with Crippen molar-refractivity contribution in [2.75, 3.05) is 18.1 Å². The van der Waals surface area contributed by atoms with E-state index in [9.17, 15) is 13.2 Å². The van der Waals surface area contributed by atoms with Gasteiger partial charge in [0.15, 0.2) is 15.7 Å². The molecule has 1 amide bonds. The number of pyridine rings is 1. The van der Waals surface area contributed by atoms with Gasteiger partial charge in [-0.05, 0) is 31.4 Å². The quantitative estimate of drug-likeness (QED) is 0.890. The van der Waals surface area contributed by atoms with E-state index < -0.39 is 9.84 Å². The minimum absolute atomic E-state index is 0.00455. The first-order chi connectivity index (χ1) is 11.0. The largest absolute Gasteiger partial charge is 0.352 e. The summed E-state index contributed by atoms with van der Waals surface area (Å²) in [7, 11) is -2.92. The highest BCUT2D eigenvalue weighted by molar-refractivity contribution is 7.91. The van der Waals surface area contributed by atoms with E-state index in [2.05, 4.69) is 15.4 Å². The molecule has 1 saturated heterocycles. The maximum absolute atomic E-state index is 12.3. The lowest BCUT2D eigenvalue weighted by molar-refractivity contribution is 0.0948. The molecule has 1 aliphatic heterocycles. The number of hydrogen-bond acceptors (Lipinski definition) is 5. The molecule has 0 aromatic carbocycles. The third-order valence-electron chi connectivity index (χ3n) is 4.00. The molecular formula is C15H18N4O3S. The molecule has 2 aromatic rings. The van der Waals surface area contributed by atoms with Gasteiger partial charge in [0.1, 0.15) is 0 Å². The Kier molecular flexibility index (Phi) is 4.16. The Hall–Kier alpha value is -2.22. The number of carbonyl (C=O) groups is 1. The summed E-state index contributed by atoms with van der Waals surface area (Å²) in [6.45, 7) is 2.17. The number of carbonyl (C=O) groups excluding carboxylic acids is 1. The predicted octanol–water partition coefficient (Wildman–Crippen LogP) is 0.740. The molecule has 0 radical (unpaired) electrons. The van der Waals surface area contributed by atoms with Gasteiger partial charge in [-0.3, -0.25) is 4.79 Å². The molecule has 1 unspecified atom stereocenters. The highest BCUT2D eigenvalue weighted by Crippen LogP contribution is 2.18. The zero-order valence-corrected chi connectivity index (χ0v) is 13.6. The number of nitrogens with zero attached hydrogens (tertiary/aromatic N) is 3. The van der Waals surface area contributed by atoms with Crippen LogP contribution < -0.4 is 5.32 Å². The molecule has 8 heteroatoms. The molecular weight excluding hydrogens is 316 g/mol. The van der Waals surface area contributed by atoms with E-state index in [-0.39, 0.29) is 23.3 Å². The monoisotopic (exact) mass is 334 g/mol. The van der Waals surface area contributed by atoms with Crippen LogP contribution in [0, 0.1) is 12.8 Å². The molecule has 1 fully saturated rings. The van der Waals surface area contributed by atoms with Crippen molar-refractivity contribution in [3.63, 3.8) is 0 Å². The summed E-state index contributed by atoms with van der Waals surface area (Å²) in [4.78, 5) is 16.5. The molecule has 3 rings (SSSR count). The van der Waals surface area contributed by atoms with E-state index in [1.54, 1.807) is 17.8 Å². The molecule has 3 heterocycles. The summed E-state index contributed by atoms with van der Waals surface area (Å²) >= 11 is 0. The van der Waals surface area contributed by atoms with Crippen molar-refractivity contribution in [1.82, 2.24) is 20.1 Å². The van der Waals surface area contributed by atoms with Gasteiger partial charge in [-0.1, -0.05) is 6.07 Å². The second kappa shape index (κ2) is 6.11. The van der Waals surface area contributed by atoms with Crippen molar-refractivity contribution < 1.29 is 13.2 Å². The summed E-state index contributed by atoms with van der Waals surface area (Å²) in [5, 5.41) is 7.01. The minimum Gasteiger partial charge on any atom is -0.352 e. The van der Waals surface area contributed by atoms with Crippen LogP contribution in [0.4, 0.5) is 0 Å². The van der Waals surface area contributed by atoms with Gasteiger partial charge in [-0.15, -0.1) is 0 Å². The molecule has 122 valence electrons. The third kappa shape index (κ3) is 3.42. The fourth-order valence-electron chi connectivity index (χ4n) is 2.71. The van der Waals surface area contributed by atoms with E-state index in [4.69, 9.17) is 0 Å². The topological polar surface area (TPSA) is 94.0 Å².